The van der Waals surface area contributed by atoms with Crippen molar-refractivity contribution in [2.45, 2.75) is 55.8 Å². The van der Waals surface area contributed by atoms with E-state index in [4.69, 9.17) is 4.74 Å². The molecule has 2 fully saturated rings. The Morgan fingerprint density at radius 1 is 1.18 bits per heavy atom. The number of morpholine rings is 1. The number of amides is 1. The zero-order chi connectivity index (χ0) is 20.1. The molecule has 0 aromatic heterocycles. The maximum absolute atomic E-state index is 12.8. The van der Waals surface area contributed by atoms with Gasteiger partial charge < -0.3 is 9.64 Å². The number of sulfonamides is 1. The van der Waals surface area contributed by atoms with Gasteiger partial charge in [-0.2, -0.15) is 4.31 Å². The summed E-state index contributed by atoms with van der Waals surface area (Å²) in [5, 5.41) is 0. The summed E-state index contributed by atoms with van der Waals surface area (Å²) in [6, 6.07) is 7.68. The molecular formula is C20H30N2O4S2. The van der Waals surface area contributed by atoms with Crippen molar-refractivity contribution in [3.05, 3.63) is 29.8 Å². The molecule has 1 amide bonds. The predicted octanol–water partition coefficient (Wildman–Crippen LogP) is 2.73. The molecule has 0 radical (unpaired) electrons. The number of likely N-dealkylation sites (tertiary alicyclic amines) is 1. The largest absolute Gasteiger partial charge is 0.379 e. The van der Waals surface area contributed by atoms with E-state index in [1.165, 1.54) is 10.7 Å². The number of hydrogen-bond acceptors (Lipinski definition) is 5. The minimum atomic E-state index is -3.49. The lowest BCUT2D eigenvalue weighted by molar-refractivity contribution is -0.134. The predicted molar refractivity (Wildman–Crippen MR) is 112 cm³/mol. The highest BCUT2D eigenvalue weighted by Gasteiger charge is 2.29. The molecule has 8 heteroatoms. The Labute approximate surface area is 172 Å². The smallest absolute Gasteiger partial charge is 0.243 e. The second-order valence-electron chi connectivity index (χ2n) is 7.59. The number of benzene rings is 1. The molecule has 2 atom stereocenters. The molecule has 2 aliphatic rings. The molecule has 0 aliphatic carbocycles. The minimum Gasteiger partial charge on any atom is -0.379 e. The molecule has 6 nitrogen and oxygen atoms in total. The maximum Gasteiger partial charge on any atom is 0.243 e. The summed E-state index contributed by atoms with van der Waals surface area (Å²) in [7, 11) is -3.49. The van der Waals surface area contributed by atoms with Gasteiger partial charge in [-0.3, -0.25) is 4.79 Å². The van der Waals surface area contributed by atoms with Crippen molar-refractivity contribution in [3.63, 3.8) is 0 Å². The van der Waals surface area contributed by atoms with Gasteiger partial charge >= 0.3 is 0 Å². The van der Waals surface area contributed by atoms with Gasteiger partial charge in [0.15, 0.2) is 0 Å². The first-order valence-corrected chi connectivity index (χ1v) is 12.5. The van der Waals surface area contributed by atoms with Crippen molar-refractivity contribution < 1.29 is 17.9 Å². The molecule has 2 aliphatic heterocycles. The maximum atomic E-state index is 12.8. The van der Waals surface area contributed by atoms with Crippen LogP contribution >= 0.6 is 11.8 Å². The van der Waals surface area contributed by atoms with Crippen LogP contribution in [-0.4, -0.2) is 67.7 Å². The molecule has 156 valence electrons. The summed E-state index contributed by atoms with van der Waals surface area (Å²) in [5.74, 6) is 1.23. The molecule has 2 heterocycles. The number of carbonyl (C=O) groups excluding carboxylic acids is 1. The number of ether oxygens (including phenoxy) is 1. The van der Waals surface area contributed by atoms with Crippen molar-refractivity contribution in [3.8, 4) is 0 Å². The highest BCUT2D eigenvalue weighted by atomic mass is 32.2. The highest BCUT2D eigenvalue weighted by Crippen LogP contribution is 2.25. The fourth-order valence-corrected chi connectivity index (χ4v) is 6.30. The Bertz CT molecular complexity index is 768. The van der Waals surface area contributed by atoms with Gasteiger partial charge in [-0.1, -0.05) is 12.1 Å². The number of carbonyl (C=O) groups is 1. The monoisotopic (exact) mass is 426 g/mol. The van der Waals surface area contributed by atoms with Crippen LogP contribution in [0.4, 0.5) is 0 Å². The lowest BCUT2D eigenvalue weighted by Crippen LogP contribution is -2.48. The molecule has 28 heavy (non-hydrogen) atoms. The standard InChI is InChI=1S/C20H30N2O4S2/c1-16-5-3-6-17(2)22(16)20(23)15-27-14-18-7-4-8-19(13-18)28(24,25)21-9-11-26-12-10-21/h4,7-8,13,16-17H,3,5-6,9-12,14-15H2,1-2H3/t16-,17+. The van der Waals surface area contributed by atoms with Crippen LogP contribution in [0.5, 0.6) is 0 Å². The lowest BCUT2D eigenvalue weighted by Gasteiger charge is -2.39. The molecular weight excluding hydrogens is 396 g/mol. The van der Waals surface area contributed by atoms with Crippen LogP contribution in [0.3, 0.4) is 0 Å². The topological polar surface area (TPSA) is 66.9 Å². The minimum absolute atomic E-state index is 0.182. The van der Waals surface area contributed by atoms with Crippen LogP contribution in [0.25, 0.3) is 0 Å². The third-order valence-electron chi connectivity index (χ3n) is 5.48. The molecule has 1 aromatic carbocycles. The Morgan fingerprint density at radius 3 is 2.54 bits per heavy atom. The number of thioether (sulfide) groups is 1. The van der Waals surface area contributed by atoms with Gasteiger partial charge in [0, 0.05) is 30.9 Å². The average molecular weight is 427 g/mol. The summed E-state index contributed by atoms with van der Waals surface area (Å²) in [6.45, 7) is 5.90. The summed E-state index contributed by atoms with van der Waals surface area (Å²) in [4.78, 5) is 15.0. The van der Waals surface area contributed by atoms with E-state index in [1.807, 2.05) is 11.0 Å². The summed E-state index contributed by atoms with van der Waals surface area (Å²) in [6.07, 6.45) is 3.33. The molecule has 0 bridgehead atoms. The molecule has 2 saturated heterocycles. The van der Waals surface area contributed by atoms with Crippen molar-refractivity contribution in [2.75, 3.05) is 32.1 Å². The second kappa shape index (κ2) is 9.61. The van der Waals surface area contributed by atoms with E-state index in [-0.39, 0.29) is 5.91 Å². The first-order valence-electron chi connectivity index (χ1n) is 9.95. The Balaban J connectivity index is 1.58. The van der Waals surface area contributed by atoms with Crippen LogP contribution < -0.4 is 0 Å². The van der Waals surface area contributed by atoms with E-state index in [9.17, 15) is 13.2 Å². The van der Waals surface area contributed by atoms with Crippen molar-refractivity contribution in [1.82, 2.24) is 9.21 Å². The van der Waals surface area contributed by atoms with Crippen molar-refractivity contribution in [1.29, 1.82) is 0 Å². The van der Waals surface area contributed by atoms with Crippen LogP contribution in [0.2, 0.25) is 0 Å². The van der Waals surface area contributed by atoms with Crippen LogP contribution in [0.1, 0.15) is 38.7 Å². The molecule has 0 unspecified atom stereocenters. The summed E-state index contributed by atoms with van der Waals surface area (Å²) < 4.78 is 32.3. The van der Waals surface area contributed by atoms with E-state index in [0.717, 1.165) is 18.4 Å². The highest BCUT2D eigenvalue weighted by molar-refractivity contribution is 7.99. The van der Waals surface area contributed by atoms with E-state index in [0.29, 0.717) is 54.8 Å². The average Bonchev–Trinajstić information content (AvgIpc) is 2.69. The number of hydrogen-bond donors (Lipinski definition) is 0. The van der Waals surface area contributed by atoms with Gasteiger partial charge in [0.25, 0.3) is 0 Å². The SMILES string of the molecule is C[C@@H]1CCC[C@H](C)N1C(=O)CSCc1cccc(S(=O)(=O)N2CCOCC2)c1. The fraction of sp³-hybridized carbons (Fsp3) is 0.650. The normalized spacial score (nSPS) is 24.3. The number of nitrogens with zero attached hydrogens (tertiary/aromatic N) is 2. The van der Waals surface area contributed by atoms with E-state index in [1.54, 1.807) is 30.0 Å². The zero-order valence-corrected chi connectivity index (χ0v) is 18.3. The third-order valence-corrected chi connectivity index (χ3v) is 8.37. The van der Waals surface area contributed by atoms with E-state index in [2.05, 4.69) is 13.8 Å². The quantitative estimate of drug-likeness (QED) is 0.700. The van der Waals surface area contributed by atoms with E-state index >= 15 is 0 Å². The Hall–Kier alpha value is -1.09. The van der Waals surface area contributed by atoms with E-state index < -0.39 is 10.0 Å². The molecule has 0 spiro atoms. The Kier molecular flexibility index (Phi) is 7.42. The summed E-state index contributed by atoms with van der Waals surface area (Å²) in [5.41, 5.74) is 0.923. The van der Waals surface area contributed by atoms with Crippen molar-refractivity contribution in [2.24, 2.45) is 0 Å². The molecule has 1 aromatic rings. The third kappa shape index (κ3) is 5.09. The van der Waals surface area contributed by atoms with Crippen molar-refractivity contribution >= 4 is 27.7 Å². The fourth-order valence-electron chi connectivity index (χ4n) is 3.98. The van der Waals surface area contributed by atoms with Crippen LogP contribution in [0, 0.1) is 0 Å². The number of rotatable bonds is 6. The molecule has 3 rings (SSSR count). The van der Waals surface area contributed by atoms with Gasteiger partial charge in [-0.15, -0.1) is 11.8 Å². The van der Waals surface area contributed by atoms with Gasteiger partial charge in [0.05, 0.1) is 23.9 Å². The van der Waals surface area contributed by atoms with Crippen LogP contribution in [0.15, 0.2) is 29.2 Å². The number of piperidine rings is 1. The van der Waals surface area contributed by atoms with Crippen LogP contribution in [-0.2, 0) is 25.3 Å². The second-order valence-corrected chi connectivity index (χ2v) is 10.5. The Morgan fingerprint density at radius 2 is 1.86 bits per heavy atom. The lowest BCUT2D eigenvalue weighted by atomic mass is 9.98. The zero-order valence-electron chi connectivity index (χ0n) is 16.7. The first-order chi connectivity index (χ1) is 13.4. The van der Waals surface area contributed by atoms with Gasteiger partial charge in [-0.25, -0.2) is 8.42 Å². The van der Waals surface area contributed by atoms with Gasteiger partial charge in [0.1, 0.15) is 0 Å². The van der Waals surface area contributed by atoms with Gasteiger partial charge in [0.2, 0.25) is 15.9 Å². The first kappa shape index (κ1) is 21.6. The molecule has 0 saturated carbocycles. The van der Waals surface area contributed by atoms with Gasteiger partial charge in [-0.05, 0) is 50.8 Å². The molecule has 0 N–H and O–H groups in total. The summed E-state index contributed by atoms with van der Waals surface area (Å²) >= 11 is 1.55.